The van der Waals surface area contributed by atoms with Crippen LogP contribution in [0, 0.1) is 17.8 Å². The maximum atomic E-state index is 12.2. The number of nitrogens with one attached hydrogen (secondary N) is 1. The lowest BCUT2D eigenvalue weighted by Crippen LogP contribution is -2.61. The van der Waals surface area contributed by atoms with Crippen LogP contribution in [0.1, 0.15) is 62.3 Å². The predicted octanol–water partition coefficient (Wildman–Crippen LogP) is 2.79. The van der Waals surface area contributed by atoms with E-state index in [0.29, 0.717) is 23.5 Å². The molecule has 1 N–H and O–H groups in total. The standard InChI is InChI=1S/C17H22N2O2/c20-16-12-3-10-4-13(16)8-17(6-10,7-12)18-9-14-5-15(21-19-14)11-1-2-11/h5,10-13,18H,1-4,6-9H2. The van der Waals surface area contributed by atoms with Crippen LogP contribution in [0.15, 0.2) is 10.6 Å². The fraction of sp³-hybridized carbons (Fsp3) is 0.765. The van der Waals surface area contributed by atoms with Crippen molar-refractivity contribution in [3.05, 3.63) is 17.5 Å². The molecule has 2 atom stereocenters. The number of Topliss-reactive ketones (excluding diaryl/α,β-unsaturated/α-hetero) is 1. The first-order valence-corrected chi connectivity index (χ1v) is 8.45. The number of rotatable bonds is 4. The van der Waals surface area contributed by atoms with Gasteiger partial charge in [-0.2, -0.15) is 0 Å². The number of aromatic nitrogens is 1. The second-order valence-corrected chi connectivity index (χ2v) is 7.87. The molecule has 6 rings (SSSR count). The van der Waals surface area contributed by atoms with E-state index in [1.807, 2.05) is 0 Å². The lowest BCUT2D eigenvalue weighted by atomic mass is 9.52. The molecule has 21 heavy (non-hydrogen) atoms. The molecule has 0 saturated heterocycles. The molecule has 1 aromatic rings. The summed E-state index contributed by atoms with van der Waals surface area (Å²) in [5, 5.41) is 7.97. The van der Waals surface area contributed by atoms with Gasteiger partial charge < -0.3 is 9.84 Å². The highest BCUT2D eigenvalue weighted by Crippen LogP contribution is 2.54. The number of hydrogen-bond donors (Lipinski definition) is 1. The van der Waals surface area contributed by atoms with Crippen LogP contribution in [0.4, 0.5) is 0 Å². The third-order valence-corrected chi connectivity index (χ3v) is 6.20. The van der Waals surface area contributed by atoms with Crippen molar-refractivity contribution in [3.63, 3.8) is 0 Å². The Kier molecular flexibility index (Phi) is 2.47. The fourth-order valence-corrected chi connectivity index (χ4v) is 5.21. The van der Waals surface area contributed by atoms with E-state index >= 15 is 0 Å². The Morgan fingerprint density at radius 2 is 1.95 bits per heavy atom. The van der Waals surface area contributed by atoms with Gasteiger partial charge in [-0.1, -0.05) is 5.16 Å². The molecule has 0 spiro atoms. The van der Waals surface area contributed by atoms with Crippen LogP contribution in [0.2, 0.25) is 0 Å². The summed E-state index contributed by atoms with van der Waals surface area (Å²) in [7, 11) is 0. The minimum Gasteiger partial charge on any atom is -0.361 e. The summed E-state index contributed by atoms with van der Waals surface area (Å²) in [6, 6.07) is 2.12. The Balaban J connectivity index is 1.30. The van der Waals surface area contributed by atoms with Crippen molar-refractivity contribution < 1.29 is 9.32 Å². The van der Waals surface area contributed by atoms with Gasteiger partial charge in [0.1, 0.15) is 11.5 Å². The number of hydrogen-bond acceptors (Lipinski definition) is 4. The molecule has 0 aromatic carbocycles. The van der Waals surface area contributed by atoms with E-state index in [4.69, 9.17) is 4.52 Å². The molecular weight excluding hydrogens is 264 g/mol. The zero-order valence-corrected chi connectivity index (χ0v) is 12.3. The van der Waals surface area contributed by atoms with Gasteiger partial charge in [0.25, 0.3) is 0 Å². The highest BCUT2D eigenvalue weighted by molar-refractivity contribution is 5.86. The van der Waals surface area contributed by atoms with E-state index in [0.717, 1.165) is 49.6 Å². The molecule has 5 fully saturated rings. The number of carbonyl (C=O) groups is 1. The first kappa shape index (κ1) is 12.4. The lowest BCUT2D eigenvalue weighted by molar-refractivity contribution is -0.143. The fourth-order valence-electron chi connectivity index (χ4n) is 5.21. The van der Waals surface area contributed by atoms with Crippen LogP contribution in [-0.2, 0) is 11.3 Å². The summed E-state index contributed by atoms with van der Waals surface area (Å²) in [5.41, 5.74) is 1.22. The van der Waals surface area contributed by atoms with Crippen LogP contribution < -0.4 is 5.32 Å². The average molecular weight is 286 g/mol. The number of carbonyl (C=O) groups excluding carboxylic acids is 1. The van der Waals surface area contributed by atoms with Gasteiger partial charge in [0.05, 0.1) is 5.69 Å². The zero-order valence-electron chi connectivity index (χ0n) is 12.3. The summed E-state index contributed by atoms with van der Waals surface area (Å²) in [6.07, 6.45) is 8.14. The van der Waals surface area contributed by atoms with Crippen molar-refractivity contribution in [2.75, 3.05) is 0 Å². The third-order valence-electron chi connectivity index (χ3n) is 6.20. The Morgan fingerprint density at radius 3 is 2.67 bits per heavy atom. The Hall–Kier alpha value is -1.16. The van der Waals surface area contributed by atoms with E-state index < -0.39 is 0 Å². The van der Waals surface area contributed by atoms with Gasteiger partial charge in [0, 0.05) is 35.9 Å². The quantitative estimate of drug-likeness (QED) is 0.924. The van der Waals surface area contributed by atoms with Crippen molar-refractivity contribution in [3.8, 4) is 0 Å². The monoisotopic (exact) mass is 286 g/mol. The van der Waals surface area contributed by atoms with Crippen molar-refractivity contribution in [1.29, 1.82) is 0 Å². The van der Waals surface area contributed by atoms with Gasteiger partial charge in [-0.25, -0.2) is 0 Å². The van der Waals surface area contributed by atoms with E-state index in [1.54, 1.807) is 0 Å². The molecule has 4 heteroatoms. The van der Waals surface area contributed by atoms with E-state index in [-0.39, 0.29) is 5.54 Å². The minimum atomic E-state index is 0.198. The van der Waals surface area contributed by atoms with Gasteiger partial charge in [-0.15, -0.1) is 0 Å². The van der Waals surface area contributed by atoms with Gasteiger partial charge in [0.2, 0.25) is 0 Å². The van der Waals surface area contributed by atoms with Crippen molar-refractivity contribution in [2.24, 2.45) is 17.8 Å². The molecule has 2 unspecified atom stereocenters. The molecule has 1 heterocycles. The maximum Gasteiger partial charge on any atom is 0.140 e. The number of ketones is 1. The summed E-state index contributed by atoms with van der Waals surface area (Å²) >= 11 is 0. The van der Waals surface area contributed by atoms with Gasteiger partial charge in [-0.05, 0) is 50.9 Å². The first-order valence-electron chi connectivity index (χ1n) is 8.45. The Labute approximate surface area is 124 Å². The molecule has 4 nitrogen and oxygen atoms in total. The molecule has 1 aromatic heterocycles. The first-order chi connectivity index (χ1) is 10.2. The van der Waals surface area contributed by atoms with Crippen LogP contribution in [-0.4, -0.2) is 16.5 Å². The lowest BCUT2D eigenvalue weighted by Gasteiger charge is -2.56. The molecule has 0 amide bonds. The highest BCUT2D eigenvalue weighted by Gasteiger charge is 2.54. The van der Waals surface area contributed by atoms with Crippen LogP contribution in [0.5, 0.6) is 0 Å². The highest BCUT2D eigenvalue weighted by atomic mass is 16.5. The molecular formula is C17H22N2O2. The van der Waals surface area contributed by atoms with Crippen LogP contribution in [0.25, 0.3) is 0 Å². The second-order valence-electron chi connectivity index (χ2n) is 7.87. The largest absolute Gasteiger partial charge is 0.361 e. The molecule has 5 saturated carbocycles. The molecule has 5 aliphatic carbocycles. The smallest absolute Gasteiger partial charge is 0.140 e. The number of nitrogens with zero attached hydrogens (tertiary/aromatic N) is 1. The van der Waals surface area contributed by atoms with Crippen molar-refractivity contribution in [2.45, 2.75) is 62.9 Å². The van der Waals surface area contributed by atoms with Crippen LogP contribution >= 0.6 is 0 Å². The zero-order chi connectivity index (χ0) is 14.0. The van der Waals surface area contributed by atoms with Crippen LogP contribution in [0.3, 0.4) is 0 Å². The Morgan fingerprint density at radius 1 is 1.19 bits per heavy atom. The summed E-state index contributed by atoms with van der Waals surface area (Å²) in [4.78, 5) is 12.2. The summed E-state index contributed by atoms with van der Waals surface area (Å²) in [6.45, 7) is 0.788. The molecule has 112 valence electrons. The van der Waals surface area contributed by atoms with Gasteiger partial charge in [0.15, 0.2) is 0 Å². The third kappa shape index (κ3) is 1.99. The second kappa shape index (κ2) is 4.19. The minimum absolute atomic E-state index is 0.198. The van der Waals surface area contributed by atoms with Gasteiger partial charge >= 0.3 is 0 Å². The SMILES string of the molecule is O=C1C2CC3CC1CC(NCc1cc(C4CC4)on1)(C3)C2. The Bertz CT molecular complexity index is 571. The maximum absolute atomic E-state index is 12.2. The van der Waals surface area contributed by atoms with E-state index in [2.05, 4.69) is 16.5 Å². The van der Waals surface area contributed by atoms with E-state index in [9.17, 15) is 4.79 Å². The normalized spacial score (nSPS) is 41.0. The summed E-state index contributed by atoms with van der Waals surface area (Å²) < 4.78 is 5.43. The van der Waals surface area contributed by atoms with Crippen molar-refractivity contribution in [1.82, 2.24) is 10.5 Å². The topological polar surface area (TPSA) is 55.1 Å². The molecule has 0 aliphatic heterocycles. The summed E-state index contributed by atoms with van der Waals surface area (Å²) in [5.74, 6) is 3.69. The van der Waals surface area contributed by atoms with Gasteiger partial charge in [-0.3, -0.25) is 4.79 Å². The van der Waals surface area contributed by atoms with Crippen molar-refractivity contribution >= 4 is 5.78 Å². The molecule has 5 aliphatic rings. The predicted molar refractivity (Wildman–Crippen MR) is 76.6 cm³/mol. The average Bonchev–Trinajstić information content (AvgIpc) is 3.21. The molecule has 0 radical (unpaired) electrons. The molecule has 4 bridgehead atoms. The van der Waals surface area contributed by atoms with E-state index in [1.165, 1.54) is 19.3 Å².